The molecule has 0 aliphatic carbocycles. The maximum absolute atomic E-state index is 8.68. The van der Waals surface area contributed by atoms with E-state index in [0.29, 0.717) is 6.04 Å². The highest BCUT2D eigenvalue weighted by Crippen LogP contribution is 2.25. The monoisotopic (exact) mass is 442 g/mol. The molecule has 1 N–H and O–H groups in total. The summed E-state index contributed by atoms with van der Waals surface area (Å²) in [6.45, 7) is 2.35. The van der Waals surface area contributed by atoms with Crippen LogP contribution in [0.25, 0.3) is 5.70 Å². The first-order valence-corrected chi connectivity index (χ1v) is 10.6. The van der Waals surface area contributed by atoms with Gasteiger partial charge in [0.15, 0.2) is 0 Å². The van der Waals surface area contributed by atoms with Crippen LogP contribution in [-0.4, -0.2) is 39.4 Å². The standard InChI is InChI=1S/C18H22N2.HIO3/c1-19-12-6-5-11-17(19)15-18(20-13-7-8-14-20)16-9-3-2-4-10-16;2-1(3)4/h2-6,9-12,15,17H,7-8,13-14H2,1H3;2H. The molecular weight excluding hydrogens is 419 g/mol. The Morgan fingerprint density at radius 3 is 2.38 bits per heavy atom. The van der Waals surface area contributed by atoms with Gasteiger partial charge in [-0.3, -0.25) is 0 Å². The molecule has 0 bridgehead atoms. The zero-order chi connectivity index (χ0) is 17.4. The zero-order valence-electron chi connectivity index (χ0n) is 13.7. The Labute approximate surface area is 152 Å². The maximum atomic E-state index is 8.68. The molecule has 2 aliphatic heterocycles. The van der Waals surface area contributed by atoms with Crippen LogP contribution >= 0.6 is 0 Å². The van der Waals surface area contributed by atoms with Crippen LogP contribution in [-0.2, 0) is 0 Å². The molecular formula is C18H23IN2O3. The minimum atomic E-state index is -3.76. The molecule has 1 atom stereocenters. The summed E-state index contributed by atoms with van der Waals surface area (Å²) in [5, 5.41) is 0. The molecule has 2 aliphatic rings. The van der Waals surface area contributed by atoms with Gasteiger partial charge in [-0.2, -0.15) is 0 Å². The van der Waals surface area contributed by atoms with Gasteiger partial charge in [-0.15, -0.1) is 0 Å². The summed E-state index contributed by atoms with van der Waals surface area (Å²) in [5.41, 5.74) is 2.70. The van der Waals surface area contributed by atoms with E-state index >= 15 is 0 Å². The first kappa shape index (κ1) is 19.0. The third-order valence-corrected chi connectivity index (χ3v) is 4.06. The van der Waals surface area contributed by atoms with E-state index in [1.807, 2.05) is 0 Å². The van der Waals surface area contributed by atoms with E-state index in [0.717, 1.165) is 0 Å². The predicted octanol–water partition coefficient (Wildman–Crippen LogP) is -2.42. The van der Waals surface area contributed by atoms with Crippen molar-refractivity contribution in [3.05, 3.63) is 66.4 Å². The molecule has 1 aromatic carbocycles. The minimum absolute atomic E-state index is 0.343. The molecule has 24 heavy (non-hydrogen) atoms. The average molecular weight is 442 g/mol. The number of halogens is 1. The van der Waals surface area contributed by atoms with Gasteiger partial charge < -0.3 is 16.7 Å². The quantitative estimate of drug-likeness (QED) is 0.528. The van der Waals surface area contributed by atoms with E-state index in [4.69, 9.17) is 10.3 Å². The fourth-order valence-corrected chi connectivity index (χ4v) is 2.88. The average Bonchev–Trinajstić information content (AvgIpc) is 3.08. The fourth-order valence-electron chi connectivity index (χ4n) is 2.88. The van der Waals surface area contributed by atoms with Crippen molar-refractivity contribution in [2.45, 2.75) is 18.9 Å². The molecule has 130 valence electrons. The third kappa shape index (κ3) is 5.94. The van der Waals surface area contributed by atoms with Crippen molar-refractivity contribution in [1.29, 1.82) is 0 Å². The SMILES string of the molecule is CN1C=CC=CC1C=C(c1ccccc1)N1CCCC1.[O-][I+2]([O-])O. The fraction of sp³-hybridized carbons (Fsp3) is 0.333. The summed E-state index contributed by atoms with van der Waals surface area (Å²) in [4.78, 5) is 4.77. The molecule has 0 saturated carbocycles. The van der Waals surface area contributed by atoms with Crippen LogP contribution in [0.5, 0.6) is 0 Å². The Kier molecular flexibility index (Phi) is 7.77. The van der Waals surface area contributed by atoms with Gasteiger partial charge in [-0.1, -0.05) is 42.5 Å². The van der Waals surface area contributed by atoms with E-state index < -0.39 is 21.1 Å². The van der Waals surface area contributed by atoms with E-state index in [-0.39, 0.29) is 0 Å². The van der Waals surface area contributed by atoms with E-state index in [9.17, 15) is 0 Å². The van der Waals surface area contributed by atoms with Gasteiger partial charge in [-0.05, 0) is 40.2 Å². The Hall–Kier alpha value is -1.35. The minimum Gasteiger partial charge on any atom is -0.396 e. The normalized spacial score (nSPS) is 20.4. The summed E-state index contributed by atoms with van der Waals surface area (Å²) in [7, 11) is 2.13. The van der Waals surface area contributed by atoms with Gasteiger partial charge in [0.2, 0.25) is 0 Å². The Morgan fingerprint density at radius 1 is 1.17 bits per heavy atom. The van der Waals surface area contributed by atoms with Crippen molar-refractivity contribution >= 4 is 5.70 Å². The number of rotatable bonds is 3. The molecule has 0 radical (unpaired) electrons. The van der Waals surface area contributed by atoms with Crippen LogP contribution in [0.15, 0.2) is 60.8 Å². The first-order valence-electron chi connectivity index (χ1n) is 7.91. The summed E-state index contributed by atoms with van der Waals surface area (Å²) in [5.74, 6) is 0. The van der Waals surface area contributed by atoms with Crippen LogP contribution in [0.1, 0.15) is 18.4 Å². The summed E-state index contributed by atoms with van der Waals surface area (Å²) in [6, 6.07) is 11.1. The van der Waals surface area contributed by atoms with Crippen LogP contribution < -0.4 is 27.9 Å². The molecule has 5 nitrogen and oxygen atoms in total. The van der Waals surface area contributed by atoms with Gasteiger partial charge in [-0.25, -0.2) is 0 Å². The van der Waals surface area contributed by atoms with Crippen molar-refractivity contribution in [2.75, 3.05) is 20.1 Å². The number of likely N-dealkylation sites (tertiary alicyclic amines) is 1. The lowest BCUT2D eigenvalue weighted by atomic mass is 10.1. The molecule has 1 fully saturated rings. The smallest absolute Gasteiger partial charge is 0.396 e. The second kappa shape index (κ2) is 9.83. The summed E-state index contributed by atoms with van der Waals surface area (Å²) < 4.78 is 24.5. The second-order valence-electron chi connectivity index (χ2n) is 5.70. The summed E-state index contributed by atoms with van der Waals surface area (Å²) >= 11 is -3.76. The van der Waals surface area contributed by atoms with Crippen molar-refractivity contribution in [3.63, 3.8) is 0 Å². The van der Waals surface area contributed by atoms with Crippen LogP contribution in [0.2, 0.25) is 0 Å². The van der Waals surface area contributed by atoms with Gasteiger partial charge in [0.1, 0.15) is 0 Å². The molecule has 6 heteroatoms. The molecule has 0 amide bonds. The summed E-state index contributed by atoms with van der Waals surface area (Å²) in [6.07, 6.45) is 13.6. The zero-order valence-corrected chi connectivity index (χ0v) is 15.9. The lowest BCUT2D eigenvalue weighted by molar-refractivity contribution is -1.63. The second-order valence-corrected chi connectivity index (χ2v) is 6.84. The molecule has 2 heterocycles. The Balaban J connectivity index is 0.000000471. The highest BCUT2D eigenvalue weighted by Gasteiger charge is 2.18. The van der Waals surface area contributed by atoms with Gasteiger partial charge in [0, 0.05) is 25.8 Å². The predicted molar refractivity (Wildman–Crippen MR) is 87.3 cm³/mol. The van der Waals surface area contributed by atoms with Crippen LogP contribution in [0, 0.1) is 0 Å². The van der Waals surface area contributed by atoms with Crippen molar-refractivity contribution in [3.8, 4) is 0 Å². The van der Waals surface area contributed by atoms with Crippen molar-refractivity contribution < 1.29 is 31.4 Å². The molecule has 0 aromatic heterocycles. The van der Waals surface area contributed by atoms with E-state index in [2.05, 4.69) is 77.7 Å². The van der Waals surface area contributed by atoms with Crippen LogP contribution in [0.4, 0.5) is 0 Å². The third-order valence-electron chi connectivity index (χ3n) is 4.06. The largest absolute Gasteiger partial charge is 0.503 e. The molecule has 3 rings (SSSR count). The molecule has 1 saturated heterocycles. The lowest BCUT2D eigenvalue weighted by Gasteiger charge is -2.28. The van der Waals surface area contributed by atoms with Gasteiger partial charge in [0.25, 0.3) is 0 Å². The number of hydrogen-bond acceptors (Lipinski definition) is 5. The van der Waals surface area contributed by atoms with E-state index in [1.54, 1.807) is 0 Å². The topological polar surface area (TPSA) is 72.8 Å². The Bertz CT molecular complexity index is 578. The number of likely N-dealkylation sites (N-methyl/N-ethyl adjacent to an activating group) is 1. The molecule has 1 unspecified atom stereocenters. The van der Waals surface area contributed by atoms with Crippen molar-refractivity contribution in [1.82, 2.24) is 9.80 Å². The lowest BCUT2D eigenvalue weighted by Crippen LogP contribution is -3.98. The van der Waals surface area contributed by atoms with E-state index in [1.165, 1.54) is 37.2 Å². The molecule has 1 aromatic rings. The number of nitrogens with zero attached hydrogens (tertiary/aromatic N) is 2. The van der Waals surface area contributed by atoms with Gasteiger partial charge in [0.05, 0.1) is 6.04 Å². The number of hydrogen-bond donors (Lipinski definition) is 1. The van der Waals surface area contributed by atoms with Crippen molar-refractivity contribution in [2.24, 2.45) is 0 Å². The Morgan fingerprint density at radius 2 is 1.79 bits per heavy atom. The first-order chi connectivity index (χ1) is 11.6. The van der Waals surface area contributed by atoms with Crippen LogP contribution in [0.3, 0.4) is 0 Å². The highest BCUT2D eigenvalue weighted by molar-refractivity contribution is 5.65. The highest BCUT2D eigenvalue weighted by atomic mass is 127. The molecule has 0 spiro atoms. The number of allylic oxidation sites excluding steroid dienone is 2. The number of benzene rings is 1. The maximum Gasteiger partial charge on any atom is 0.503 e. The van der Waals surface area contributed by atoms with Gasteiger partial charge >= 0.3 is 21.1 Å².